The van der Waals surface area contributed by atoms with Gasteiger partial charge in [0.15, 0.2) is 5.82 Å². The largest absolute Gasteiger partial charge is 0.351 e. The molecular formula is C16H16N4O2S. The lowest BCUT2D eigenvalue weighted by Gasteiger charge is -2.08. The molecule has 1 aromatic carbocycles. The van der Waals surface area contributed by atoms with Gasteiger partial charge in [-0.05, 0) is 19.1 Å². The number of rotatable bonds is 5. The van der Waals surface area contributed by atoms with Crippen molar-refractivity contribution in [2.75, 3.05) is 6.54 Å². The third-order valence-electron chi connectivity index (χ3n) is 3.43. The molecule has 0 aliphatic carbocycles. The molecule has 3 aromatic rings. The summed E-state index contributed by atoms with van der Waals surface area (Å²) >= 11 is 1.47. The maximum atomic E-state index is 12.0. The van der Waals surface area contributed by atoms with Gasteiger partial charge in [-0.2, -0.15) is 4.98 Å². The highest BCUT2D eigenvalue weighted by atomic mass is 32.1. The summed E-state index contributed by atoms with van der Waals surface area (Å²) in [5.74, 6) is 0.884. The van der Waals surface area contributed by atoms with Gasteiger partial charge in [0, 0.05) is 18.0 Å². The predicted molar refractivity (Wildman–Crippen MR) is 87.3 cm³/mol. The molecule has 2 aromatic heterocycles. The summed E-state index contributed by atoms with van der Waals surface area (Å²) in [6.45, 7) is 4.28. The van der Waals surface area contributed by atoms with Crippen LogP contribution in [0.5, 0.6) is 0 Å². The van der Waals surface area contributed by atoms with Crippen molar-refractivity contribution in [2.24, 2.45) is 0 Å². The number of aryl methyl sites for hydroxylation is 1. The summed E-state index contributed by atoms with van der Waals surface area (Å²) in [6, 6.07) is 9.10. The van der Waals surface area contributed by atoms with Gasteiger partial charge in [-0.25, -0.2) is 4.98 Å². The van der Waals surface area contributed by atoms with Gasteiger partial charge in [0.05, 0.1) is 11.2 Å². The predicted octanol–water partition coefficient (Wildman–Crippen LogP) is 3.04. The minimum absolute atomic E-state index is 0.0478. The van der Waals surface area contributed by atoms with Crippen LogP contribution in [-0.2, 0) is 0 Å². The van der Waals surface area contributed by atoms with Gasteiger partial charge in [0.1, 0.15) is 4.88 Å². The Bertz CT molecular complexity index is 797. The number of hydrogen-bond donors (Lipinski definition) is 1. The van der Waals surface area contributed by atoms with E-state index in [4.69, 9.17) is 4.52 Å². The number of carbonyl (C=O) groups excluding carboxylic acids is 1. The van der Waals surface area contributed by atoms with Crippen LogP contribution in [0.15, 0.2) is 40.4 Å². The van der Waals surface area contributed by atoms with Gasteiger partial charge in [-0.3, -0.25) is 4.79 Å². The van der Waals surface area contributed by atoms with E-state index in [0.717, 1.165) is 10.6 Å². The number of thiazole rings is 1. The van der Waals surface area contributed by atoms with Crippen LogP contribution in [0, 0.1) is 6.92 Å². The van der Waals surface area contributed by atoms with Crippen molar-refractivity contribution in [2.45, 2.75) is 19.8 Å². The number of nitrogens with zero attached hydrogens (tertiary/aromatic N) is 3. The molecule has 6 nitrogen and oxygen atoms in total. The summed E-state index contributed by atoms with van der Waals surface area (Å²) in [6.07, 6.45) is 0. The molecule has 23 heavy (non-hydrogen) atoms. The van der Waals surface area contributed by atoms with Crippen LogP contribution in [-0.4, -0.2) is 27.6 Å². The molecule has 0 spiro atoms. The normalized spacial score (nSPS) is 12.1. The zero-order valence-electron chi connectivity index (χ0n) is 12.8. The van der Waals surface area contributed by atoms with Gasteiger partial charge < -0.3 is 9.84 Å². The fourth-order valence-corrected chi connectivity index (χ4v) is 2.79. The van der Waals surface area contributed by atoms with Crippen LogP contribution in [0.2, 0.25) is 0 Å². The van der Waals surface area contributed by atoms with Gasteiger partial charge in [0.2, 0.25) is 0 Å². The molecule has 2 heterocycles. The van der Waals surface area contributed by atoms with E-state index < -0.39 is 0 Å². The average Bonchev–Trinajstić information content (AvgIpc) is 3.21. The first kappa shape index (κ1) is 15.4. The maximum Gasteiger partial charge on any atom is 0.269 e. The second-order valence-electron chi connectivity index (χ2n) is 5.20. The average molecular weight is 328 g/mol. The number of nitrogens with one attached hydrogen (secondary N) is 1. The van der Waals surface area contributed by atoms with Crippen LogP contribution in [0.25, 0.3) is 10.8 Å². The molecule has 118 valence electrons. The number of benzene rings is 1. The second kappa shape index (κ2) is 6.70. The lowest BCUT2D eigenvalue weighted by atomic mass is 10.1. The van der Waals surface area contributed by atoms with Crippen LogP contribution in [0.1, 0.15) is 34.7 Å². The Morgan fingerprint density at radius 1 is 1.35 bits per heavy atom. The zero-order valence-corrected chi connectivity index (χ0v) is 13.6. The SMILES string of the molecule is Cc1ncsc1-c1nc(C(C)CNC(=O)c2ccccc2)no1. The number of carbonyl (C=O) groups is 1. The van der Waals surface area contributed by atoms with Crippen LogP contribution < -0.4 is 5.32 Å². The van der Waals surface area contributed by atoms with Crippen molar-refractivity contribution >= 4 is 17.2 Å². The molecule has 0 saturated heterocycles. The van der Waals surface area contributed by atoms with Crippen LogP contribution in [0.4, 0.5) is 0 Å². The quantitative estimate of drug-likeness (QED) is 0.778. The fraction of sp³-hybridized carbons (Fsp3) is 0.250. The molecule has 7 heteroatoms. The van der Waals surface area contributed by atoms with Crippen molar-refractivity contribution in [1.29, 1.82) is 0 Å². The van der Waals surface area contributed by atoms with Crippen LogP contribution in [0.3, 0.4) is 0 Å². The molecule has 0 fully saturated rings. The number of aromatic nitrogens is 3. The van der Waals surface area contributed by atoms with E-state index in [1.54, 1.807) is 17.6 Å². The van der Waals surface area contributed by atoms with Gasteiger partial charge in [-0.15, -0.1) is 11.3 Å². The monoisotopic (exact) mass is 328 g/mol. The Morgan fingerprint density at radius 3 is 2.83 bits per heavy atom. The molecule has 3 rings (SSSR count). The van der Waals surface area contributed by atoms with Gasteiger partial charge >= 0.3 is 0 Å². The topological polar surface area (TPSA) is 80.9 Å². The van der Waals surface area contributed by atoms with Gasteiger partial charge in [-0.1, -0.05) is 30.3 Å². The maximum absolute atomic E-state index is 12.0. The molecule has 0 aliphatic heterocycles. The highest BCUT2D eigenvalue weighted by Crippen LogP contribution is 2.26. The van der Waals surface area contributed by atoms with E-state index in [-0.39, 0.29) is 11.8 Å². The fourth-order valence-electron chi connectivity index (χ4n) is 2.06. The molecule has 0 radical (unpaired) electrons. The highest BCUT2D eigenvalue weighted by Gasteiger charge is 2.18. The molecule has 1 amide bonds. The Hall–Kier alpha value is -2.54. The summed E-state index contributed by atoms with van der Waals surface area (Å²) < 4.78 is 5.30. The third-order valence-corrected chi connectivity index (χ3v) is 4.34. The number of amides is 1. The van der Waals surface area contributed by atoms with E-state index in [1.165, 1.54) is 11.3 Å². The van der Waals surface area contributed by atoms with Crippen molar-refractivity contribution in [1.82, 2.24) is 20.4 Å². The summed E-state index contributed by atoms with van der Waals surface area (Å²) in [5.41, 5.74) is 3.25. The third kappa shape index (κ3) is 3.45. The molecule has 1 unspecified atom stereocenters. The van der Waals surface area contributed by atoms with E-state index >= 15 is 0 Å². The minimum Gasteiger partial charge on any atom is -0.351 e. The second-order valence-corrected chi connectivity index (χ2v) is 6.06. The van der Waals surface area contributed by atoms with E-state index in [0.29, 0.717) is 23.8 Å². The standard InChI is InChI=1S/C16H16N4O2S/c1-10(8-17-15(21)12-6-4-3-5-7-12)14-19-16(22-20-14)13-11(2)18-9-23-13/h3-7,9-10H,8H2,1-2H3,(H,17,21). The highest BCUT2D eigenvalue weighted by molar-refractivity contribution is 7.13. The Balaban J connectivity index is 1.63. The first-order chi connectivity index (χ1) is 11.1. The molecule has 0 saturated carbocycles. The number of hydrogen-bond acceptors (Lipinski definition) is 6. The first-order valence-electron chi connectivity index (χ1n) is 7.22. The van der Waals surface area contributed by atoms with E-state index in [2.05, 4.69) is 20.4 Å². The smallest absolute Gasteiger partial charge is 0.269 e. The van der Waals surface area contributed by atoms with Crippen molar-refractivity contribution in [3.05, 3.63) is 52.9 Å². The van der Waals surface area contributed by atoms with Crippen LogP contribution >= 0.6 is 11.3 Å². The van der Waals surface area contributed by atoms with Crippen molar-refractivity contribution < 1.29 is 9.32 Å². The Morgan fingerprint density at radius 2 is 2.13 bits per heavy atom. The first-order valence-corrected chi connectivity index (χ1v) is 8.10. The lowest BCUT2D eigenvalue weighted by Crippen LogP contribution is -2.27. The molecule has 1 atom stereocenters. The van der Waals surface area contributed by atoms with Crippen molar-refractivity contribution in [3.8, 4) is 10.8 Å². The van der Waals surface area contributed by atoms with Crippen molar-refractivity contribution in [3.63, 3.8) is 0 Å². The molecular weight excluding hydrogens is 312 g/mol. The Kier molecular flexibility index (Phi) is 4.47. The molecule has 0 aliphatic rings. The Labute approximate surface area is 137 Å². The minimum atomic E-state index is -0.112. The van der Waals surface area contributed by atoms with Gasteiger partial charge in [0.25, 0.3) is 11.8 Å². The molecule has 0 bridgehead atoms. The summed E-state index contributed by atoms with van der Waals surface area (Å²) in [5, 5.41) is 6.89. The summed E-state index contributed by atoms with van der Waals surface area (Å²) in [7, 11) is 0. The van der Waals surface area contributed by atoms with E-state index in [1.807, 2.05) is 32.0 Å². The van der Waals surface area contributed by atoms with E-state index in [9.17, 15) is 4.79 Å². The lowest BCUT2D eigenvalue weighted by molar-refractivity contribution is 0.0951. The summed E-state index contributed by atoms with van der Waals surface area (Å²) in [4.78, 5) is 21.5. The molecule has 1 N–H and O–H groups in total. The zero-order chi connectivity index (χ0) is 16.2.